The van der Waals surface area contributed by atoms with Gasteiger partial charge in [0.25, 0.3) is 11.6 Å². The summed E-state index contributed by atoms with van der Waals surface area (Å²) in [5, 5.41) is 18.3. The average Bonchev–Trinajstić information content (AvgIpc) is 2.69. The molecule has 0 bridgehead atoms. The number of carbonyl (C=O) groups excluding carboxylic acids is 1. The second kappa shape index (κ2) is 9.87. The van der Waals surface area contributed by atoms with Crippen LogP contribution in [0.4, 0.5) is 24.5 Å². The van der Waals surface area contributed by atoms with Gasteiger partial charge in [-0.1, -0.05) is 30.3 Å². The standard InChI is InChI=1S/C19H21F3N4O3/c1-13(14-5-3-2-4-6-14)25-12-18(27)24-10-9-23-16-8-7-15(19(20,21)22)11-17(16)26(28)29/h2-8,11,13,23,25H,9-10,12H2,1H3,(H,24,27)/p+1/t13-/m0/s1. The number of nitro benzene ring substituents is 1. The number of quaternary nitrogens is 1. The highest BCUT2D eigenvalue weighted by atomic mass is 19.4. The van der Waals surface area contributed by atoms with Gasteiger partial charge in [0.15, 0.2) is 6.54 Å². The van der Waals surface area contributed by atoms with Gasteiger partial charge in [0, 0.05) is 24.7 Å². The molecule has 1 amide bonds. The predicted octanol–water partition coefficient (Wildman–Crippen LogP) is 2.47. The molecule has 0 radical (unpaired) electrons. The molecule has 0 aliphatic heterocycles. The van der Waals surface area contributed by atoms with Gasteiger partial charge in [-0.05, 0) is 19.1 Å². The molecule has 2 aromatic rings. The molecule has 4 N–H and O–H groups in total. The summed E-state index contributed by atoms with van der Waals surface area (Å²) in [6.07, 6.45) is -4.66. The molecule has 1 atom stereocenters. The number of amides is 1. The average molecular weight is 411 g/mol. The number of nitrogens with zero attached hydrogens (tertiary/aromatic N) is 1. The molecule has 7 nitrogen and oxygen atoms in total. The van der Waals surface area contributed by atoms with Gasteiger partial charge in [0.1, 0.15) is 11.7 Å². The first-order valence-electron chi connectivity index (χ1n) is 8.93. The quantitative estimate of drug-likeness (QED) is 0.335. The molecular weight excluding hydrogens is 389 g/mol. The minimum atomic E-state index is -4.66. The van der Waals surface area contributed by atoms with Crippen LogP contribution < -0.4 is 16.0 Å². The molecule has 10 heteroatoms. The zero-order valence-electron chi connectivity index (χ0n) is 15.7. The number of nitrogens with one attached hydrogen (secondary N) is 2. The monoisotopic (exact) mass is 411 g/mol. The lowest BCUT2D eigenvalue weighted by molar-refractivity contribution is -0.682. The number of anilines is 1. The first-order valence-corrected chi connectivity index (χ1v) is 8.93. The number of rotatable bonds is 9. The van der Waals surface area contributed by atoms with Crippen LogP contribution in [0.1, 0.15) is 24.1 Å². The van der Waals surface area contributed by atoms with Gasteiger partial charge in [-0.25, -0.2) is 0 Å². The predicted molar refractivity (Wildman–Crippen MR) is 101 cm³/mol. The number of halogens is 3. The molecule has 0 aliphatic carbocycles. The van der Waals surface area contributed by atoms with Gasteiger partial charge in [-0.2, -0.15) is 13.2 Å². The van der Waals surface area contributed by atoms with E-state index in [2.05, 4.69) is 10.6 Å². The van der Waals surface area contributed by atoms with Crippen molar-refractivity contribution < 1.29 is 28.2 Å². The summed E-state index contributed by atoms with van der Waals surface area (Å²) in [7, 11) is 0. The van der Waals surface area contributed by atoms with Crippen molar-refractivity contribution in [3.05, 3.63) is 69.8 Å². The van der Waals surface area contributed by atoms with Crippen molar-refractivity contribution >= 4 is 17.3 Å². The van der Waals surface area contributed by atoms with Crippen molar-refractivity contribution in [2.75, 3.05) is 25.0 Å². The van der Waals surface area contributed by atoms with E-state index in [9.17, 15) is 28.1 Å². The number of benzene rings is 2. The number of nitrogens with two attached hydrogens (primary N) is 1. The Morgan fingerprint density at radius 3 is 2.48 bits per heavy atom. The lowest BCUT2D eigenvalue weighted by atomic mass is 10.1. The summed E-state index contributed by atoms with van der Waals surface area (Å²) in [6.45, 7) is 2.49. The van der Waals surface area contributed by atoms with Crippen LogP contribution in [0.2, 0.25) is 0 Å². The Kier molecular flexibility index (Phi) is 7.54. The van der Waals surface area contributed by atoms with Gasteiger partial charge in [0.2, 0.25) is 0 Å². The Bertz CT molecular complexity index is 844. The molecular formula is C19H22F3N4O3+. The number of hydrogen-bond donors (Lipinski definition) is 3. The Balaban J connectivity index is 1.79. The Morgan fingerprint density at radius 1 is 1.17 bits per heavy atom. The smallest absolute Gasteiger partial charge is 0.378 e. The van der Waals surface area contributed by atoms with Crippen LogP contribution in [0.25, 0.3) is 0 Å². The molecule has 2 rings (SSSR count). The first-order chi connectivity index (χ1) is 13.7. The molecule has 2 aromatic carbocycles. The molecule has 0 heterocycles. The third-order valence-electron chi connectivity index (χ3n) is 4.27. The van der Waals surface area contributed by atoms with Crippen molar-refractivity contribution in [3.8, 4) is 0 Å². The maximum absolute atomic E-state index is 12.7. The number of hydrogen-bond acceptors (Lipinski definition) is 4. The number of nitro groups is 1. The molecule has 0 spiro atoms. The lowest BCUT2D eigenvalue weighted by Gasteiger charge is -2.12. The third-order valence-corrected chi connectivity index (χ3v) is 4.27. The van der Waals surface area contributed by atoms with E-state index in [1.807, 2.05) is 42.6 Å². The topological polar surface area (TPSA) is 101 Å². The van der Waals surface area contributed by atoms with Crippen LogP contribution in [0.5, 0.6) is 0 Å². The molecule has 0 unspecified atom stereocenters. The Hall–Kier alpha value is -3.14. The van der Waals surface area contributed by atoms with Crippen LogP contribution in [0.15, 0.2) is 48.5 Å². The zero-order valence-corrected chi connectivity index (χ0v) is 15.7. The van der Waals surface area contributed by atoms with Crippen molar-refractivity contribution in [2.24, 2.45) is 0 Å². The van der Waals surface area contributed by atoms with E-state index >= 15 is 0 Å². The minimum absolute atomic E-state index is 0.0403. The van der Waals surface area contributed by atoms with E-state index in [0.717, 1.165) is 17.7 Å². The van der Waals surface area contributed by atoms with E-state index in [0.29, 0.717) is 6.07 Å². The minimum Gasteiger partial charge on any atom is -0.378 e. The Labute approximate surface area is 165 Å². The summed E-state index contributed by atoms with van der Waals surface area (Å²) in [4.78, 5) is 22.1. The molecule has 0 aliphatic rings. The Morgan fingerprint density at radius 2 is 1.86 bits per heavy atom. The fourth-order valence-electron chi connectivity index (χ4n) is 2.66. The van der Waals surface area contributed by atoms with Crippen LogP contribution in [-0.2, 0) is 11.0 Å². The zero-order chi connectivity index (χ0) is 21.4. The highest BCUT2D eigenvalue weighted by Gasteiger charge is 2.33. The molecule has 0 saturated carbocycles. The van der Waals surface area contributed by atoms with Crippen LogP contribution >= 0.6 is 0 Å². The SMILES string of the molecule is C[C@H]([NH2+]CC(=O)NCCNc1ccc(C(F)(F)F)cc1[N+](=O)[O-])c1ccccc1. The van der Waals surface area contributed by atoms with Gasteiger partial charge < -0.3 is 16.0 Å². The molecule has 0 fully saturated rings. The molecule has 156 valence electrons. The second-order valence-electron chi connectivity index (χ2n) is 6.40. The summed E-state index contributed by atoms with van der Waals surface area (Å²) in [5.74, 6) is -0.212. The largest absolute Gasteiger partial charge is 0.416 e. The number of carbonyl (C=O) groups is 1. The third kappa shape index (κ3) is 6.75. The van der Waals surface area contributed by atoms with E-state index < -0.39 is 22.4 Å². The fourth-order valence-corrected chi connectivity index (χ4v) is 2.66. The summed E-state index contributed by atoms with van der Waals surface area (Å²) < 4.78 is 38.1. The summed E-state index contributed by atoms with van der Waals surface area (Å²) in [6, 6.07) is 12.1. The van der Waals surface area contributed by atoms with E-state index in [1.54, 1.807) is 0 Å². The highest BCUT2D eigenvalue weighted by molar-refractivity contribution is 5.76. The first kappa shape index (κ1) is 22.2. The second-order valence-corrected chi connectivity index (χ2v) is 6.40. The normalized spacial score (nSPS) is 12.3. The van der Waals surface area contributed by atoms with Crippen molar-refractivity contribution in [1.82, 2.24) is 5.32 Å². The van der Waals surface area contributed by atoms with Gasteiger partial charge in [0.05, 0.1) is 10.5 Å². The summed E-state index contributed by atoms with van der Waals surface area (Å²) >= 11 is 0. The number of alkyl halides is 3. The van der Waals surface area contributed by atoms with Gasteiger partial charge in [-0.15, -0.1) is 0 Å². The maximum atomic E-state index is 12.7. The maximum Gasteiger partial charge on any atom is 0.416 e. The molecule has 0 aromatic heterocycles. The van der Waals surface area contributed by atoms with Gasteiger partial charge in [-0.3, -0.25) is 14.9 Å². The van der Waals surface area contributed by atoms with Crippen molar-refractivity contribution in [2.45, 2.75) is 19.1 Å². The molecule has 0 saturated heterocycles. The van der Waals surface area contributed by atoms with Crippen LogP contribution in [0.3, 0.4) is 0 Å². The van der Waals surface area contributed by atoms with Crippen LogP contribution in [-0.4, -0.2) is 30.5 Å². The van der Waals surface area contributed by atoms with E-state index in [4.69, 9.17) is 0 Å². The van der Waals surface area contributed by atoms with E-state index in [1.165, 1.54) is 0 Å². The fraction of sp³-hybridized carbons (Fsp3) is 0.316. The molecule has 29 heavy (non-hydrogen) atoms. The van der Waals surface area contributed by atoms with Gasteiger partial charge >= 0.3 is 6.18 Å². The lowest BCUT2D eigenvalue weighted by Crippen LogP contribution is -2.87. The summed E-state index contributed by atoms with van der Waals surface area (Å²) in [5.41, 5.74) is -0.708. The highest BCUT2D eigenvalue weighted by Crippen LogP contribution is 2.34. The van der Waals surface area contributed by atoms with Crippen molar-refractivity contribution in [3.63, 3.8) is 0 Å². The van der Waals surface area contributed by atoms with E-state index in [-0.39, 0.29) is 37.3 Å². The van der Waals surface area contributed by atoms with Crippen LogP contribution in [0, 0.1) is 10.1 Å². The van der Waals surface area contributed by atoms with Crippen molar-refractivity contribution in [1.29, 1.82) is 0 Å².